The van der Waals surface area contributed by atoms with Crippen LogP contribution in [0.25, 0.3) is 71.5 Å². The van der Waals surface area contributed by atoms with E-state index in [0.717, 1.165) is 37.7 Å². The van der Waals surface area contributed by atoms with Crippen LogP contribution in [-0.4, -0.2) is 10.6 Å². The van der Waals surface area contributed by atoms with Crippen molar-refractivity contribution < 1.29 is 0 Å². The molecule has 0 aliphatic heterocycles. The number of aromatic nitrogens is 1. The lowest BCUT2D eigenvalue weighted by Gasteiger charge is -2.36. The summed E-state index contributed by atoms with van der Waals surface area (Å²) in [6.45, 7) is 3.03. The Bertz CT molecular complexity index is 3870. The van der Waals surface area contributed by atoms with E-state index in [1.807, 2.05) is 6.07 Å². The summed E-state index contributed by atoms with van der Waals surface area (Å²) in [5.41, 5.74) is 19.6. The zero-order valence-corrected chi connectivity index (χ0v) is 42.5. The molecular formula is C73H58N2. The van der Waals surface area contributed by atoms with Gasteiger partial charge in [-0.05, 0) is 151 Å². The Kier molecular flexibility index (Phi) is 12.2. The van der Waals surface area contributed by atoms with Crippen molar-refractivity contribution in [3.63, 3.8) is 0 Å². The highest BCUT2D eigenvalue weighted by atomic mass is 15.2. The standard InChI is InChI=1S/C73H58N2/c1-2-3-6-29-61(48-49-74-70-36-17-14-30-65(70)66-31-15-18-37-71(66)74)75(62-44-40-53(41-45-62)56-23-19-24-57(50-56)58-39-38-52-21-11-12-22-55(52)51-58)63-46-42-54(43-47-63)64-33-20-35-69-72(64)67-32-13-16-34-68(67)73(69,59-25-7-4-8-26-59)60-27-9-5-10-28-60/h4-5,7-17,19-28,30-36,38-44,46-48,50-51,62H,2-3,6,29,45,49H2,1H3/b61-48+. The van der Waals surface area contributed by atoms with Crippen molar-refractivity contribution in [1.82, 2.24) is 4.57 Å². The van der Waals surface area contributed by atoms with Gasteiger partial charge in [-0.1, -0.05) is 232 Å². The fraction of sp³-hybridized carbons (Fsp3) is 0.123. The van der Waals surface area contributed by atoms with Gasteiger partial charge in [0.15, 0.2) is 0 Å². The Morgan fingerprint density at radius 3 is 2.07 bits per heavy atom. The molecule has 0 amide bonds. The van der Waals surface area contributed by atoms with Gasteiger partial charge in [-0.25, -0.2) is 0 Å². The van der Waals surface area contributed by atoms with Gasteiger partial charge in [0.2, 0.25) is 0 Å². The van der Waals surface area contributed by atoms with Crippen molar-refractivity contribution in [1.29, 1.82) is 0 Å². The van der Waals surface area contributed by atoms with Crippen LogP contribution in [0.3, 0.4) is 0 Å². The first-order valence-electron chi connectivity index (χ1n) is 26.9. The predicted octanol–water partition coefficient (Wildman–Crippen LogP) is 18.6. The molecule has 0 N–H and O–H groups in total. The van der Waals surface area contributed by atoms with E-state index in [1.165, 1.54) is 112 Å². The summed E-state index contributed by atoms with van der Waals surface area (Å²) >= 11 is 0. The SMILES string of the molecule is CCCCC/C(=C\Cn1c2c#cccc2c2ccccc21)N(c1ccc(-c2cccc3c2-c2ccccc2C3(c2ccccc2)c2ccccc2)cc1)C1C=CC(c2cccc(-c3ccc4ccccc4c3)c2)=CC1. The number of anilines is 1. The first-order chi connectivity index (χ1) is 37.2. The summed E-state index contributed by atoms with van der Waals surface area (Å²) in [5.74, 6) is 0. The Morgan fingerprint density at radius 2 is 1.27 bits per heavy atom. The van der Waals surface area contributed by atoms with Crippen molar-refractivity contribution in [2.24, 2.45) is 0 Å². The van der Waals surface area contributed by atoms with E-state index < -0.39 is 5.41 Å². The molecule has 2 aliphatic rings. The van der Waals surface area contributed by atoms with Gasteiger partial charge < -0.3 is 9.47 Å². The highest BCUT2D eigenvalue weighted by Crippen LogP contribution is 2.58. The van der Waals surface area contributed by atoms with E-state index in [9.17, 15) is 0 Å². The Balaban J connectivity index is 0.907. The third-order valence-corrected chi connectivity index (χ3v) is 16.0. The molecule has 75 heavy (non-hydrogen) atoms. The molecule has 2 aliphatic carbocycles. The number of para-hydroxylation sites is 1. The van der Waals surface area contributed by atoms with Crippen LogP contribution in [-0.2, 0) is 12.0 Å². The lowest BCUT2D eigenvalue weighted by Crippen LogP contribution is -2.34. The lowest BCUT2D eigenvalue weighted by molar-refractivity contribution is 0.661. The maximum Gasteiger partial charge on any atom is 0.101 e. The molecule has 0 fully saturated rings. The summed E-state index contributed by atoms with van der Waals surface area (Å²) in [4.78, 5) is 2.65. The fourth-order valence-electron chi connectivity index (χ4n) is 12.5. The molecule has 0 saturated carbocycles. The van der Waals surface area contributed by atoms with Gasteiger partial charge in [-0.3, -0.25) is 0 Å². The number of hydrogen-bond acceptors (Lipinski definition) is 1. The second-order valence-corrected chi connectivity index (χ2v) is 20.3. The minimum atomic E-state index is -0.455. The van der Waals surface area contributed by atoms with Gasteiger partial charge in [0.1, 0.15) is 5.52 Å². The van der Waals surface area contributed by atoms with E-state index in [0.29, 0.717) is 0 Å². The molecule has 1 unspecified atom stereocenters. The second kappa shape index (κ2) is 19.8. The maximum atomic E-state index is 3.50. The third kappa shape index (κ3) is 8.17. The van der Waals surface area contributed by atoms with Crippen LogP contribution in [0.5, 0.6) is 0 Å². The van der Waals surface area contributed by atoms with Crippen molar-refractivity contribution in [3.8, 4) is 33.4 Å². The van der Waals surface area contributed by atoms with Crippen LogP contribution in [0.4, 0.5) is 5.69 Å². The van der Waals surface area contributed by atoms with E-state index in [2.05, 4.69) is 277 Å². The van der Waals surface area contributed by atoms with Crippen LogP contribution in [0.2, 0.25) is 0 Å². The van der Waals surface area contributed by atoms with Gasteiger partial charge in [-0.15, -0.1) is 0 Å². The average molecular weight is 963 g/mol. The smallest absolute Gasteiger partial charge is 0.101 e. The number of benzene rings is 9. The molecule has 2 heteroatoms. The minimum Gasteiger partial charge on any atom is -0.338 e. The summed E-state index contributed by atoms with van der Waals surface area (Å²) in [6.07, 6.45) is 15.1. The summed E-state index contributed by atoms with van der Waals surface area (Å²) < 4.78 is 2.43. The third-order valence-electron chi connectivity index (χ3n) is 16.0. The molecule has 2 nitrogen and oxygen atoms in total. The second-order valence-electron chi connectivity index (χ2n) is 20.3. The number of hydrogen-bond donors (Lipinski definition) is 0. The minimum absolute atomic E-state index is 0.111. The molecule has 11 aromatic rings. The zero-order chi connectivity index (χ0) is 50.1. The van der Waals surface area contributed by atoms with Gasteiger partial charge >= 0.3 is 0 Å². The number of unbranched alkanes of at least 4 members (excludes halogenated alkanes) is 2. The molecular weight excluding hydrogens is 905 g/mol. The maximum absolute atomic E-state index is 3.50. The number of nitrogens with zero attached hydrogens (tertiary/aromatic N) is 2. The van der Waals surface area contributed by atoms with Crippen molar-refractivity contribution in [3.05, 3.63) is 300 Å². The molecule has 1 aromatic heterocycles. The molecule has 0 bridgehead atoms. The average Bonchev–Trinajstić information content (AvgIpc) is 4.11. The first-order valence-corrected chi connectivity index (χ1v) is 26.9. The van der Waals surface area contributed by atoms with E-state index in [4.69, 9.17) is 0 Å². The number of fused-ring (bicyclic) bond motifs is 7. The molecule has 0 radical (unpaired) electrons. The Labute approximate surface area is 441 Å². The van der Waals surface area contributed by atoms with Crippen molar-refractivity contribution >= 4 is 43.8 Å². The van der Waals surface area contributed by atoms with E-state index in [-0.39, 0.29) is 6.04 Å². The molecule has 10 aromatic carbocycles. The Morgan fingerprint density at radius 1 is 0.587 bits per heavy atom. The summed E-state index contributed by atoms with van der Waals surface area (Å²) in [5, 5.41) is 4.99. The topological polar surface area (TPSA) is 8.17 Å². The van der Waals surface area contributed by atoms with Crippen LogP contribution in [0, 0.1) is 12.1 Å². The van der Waals surface area contributed by atoms with Gasteiger partial charge in [-0.2, -0.15) is 0 Å². The highest BCUT2D eigenvalue weighted by Gasteiger charge is 2.46. The quantitative estimate of drug-likeness (QED) is 0.0986. The van der Waals surface area contributed by atoms with E-state index >= 15 is 0 Å². The first kappa shape index (κ1) is 45.9. The van der Waals surface area contributed by atoms with Crippen molar-refractivity contribution in [2.75, 3.05) is 4.90 Å². The van der Waals surface area contributed by atoms with Crippen LogP contribution in [0.1, 0.15) is 66.8 Å². The largest absolute Gasteiger partial charge is 0.338 e. The molecule has 13 rings (SSSR count). The lowest BCUT2D eigenvalue weighted by atomic mass is 9.67. The van der Waals surface area contributed by atoms with Crippen LogP contribution < -0.4 is 4.90 Å². The fourth-order valence-corrected chi connectivity index (χ4v) is 12.5. The highest BCUT2D eigenvalue weighted by molar-refractivity contribution is 6.07. The number of rotatable bonds is 14. The molecule has 0 spiro atoms. The van der Waals surface area contributed by atoms with Crippen LogP contribution >= 0.6 is 0 Å². The monoisotopic (exact) mass is 962 g/mol. The molecule has 0 saturated heterocycles. The number of allylic oxidation sites excluding steroid dienone is 4. The van der Waals surface area contributed by atoms with E-state index in [1.54, 1.807) is 0 Å². The molecule has 1 atom stereocenters. The summed E-state index contributed by atoms with van der Waals surface area (Å²) in [7, 11) is 0. The normalized spacial score (nSPS) is 14.7. The molecule has 360 valence electrons. The zero-order valence-electron chi connectivity index (χ0n) is 42.5. The van der Waals surface area contributed by atoms with Crippen molar-refractivity contribution in [2.45, 2.75) is 57.0 Å². The van der Waals surface area contributed by atoms with Gasteiger partial charge in [0.05, 0.1) is 11.5 Å². The van der Waals surface area contributed by atoms with Gasteiger partial charge in [0.25, 0.3) is 0 Å². The molecule has 1 heterocycles. The van der Waals surface area contributed by atoms with Crippen LogP contribution in [0.15, 0.2) is 261 Å². The Hall–Kier alpha value is -8.90. The van der Waals surface area contributed by atoms with Gasteiger partial charge in [0, 0.05) is 34.2 Å². The predicted molar refractivity (Wildman–Crippen MR) is 316 cm³/mol. The summed E-state index contributed by atoms with van der Waals surface area (Å²) in [6, 6.07) is 92.1.